The number of hydrazone groups is 1. The Labute approximate surface area is 183 Å². The number of benzene rings is 2. The number of amides is 1. The monoisotopic (exact) mass is 447 g/mol. The number of sulfonamides is 1. The summed E-state index contributed by atoms with van der Waals surface area (Å²) in [5.41, 5.74) is 4.76. The van der Waals surface area contributed by atoms with Gasteiger partial charge in [0, 0.05) is 10.7 Å². The summed E-state index contributed by atoms with van der Waals surface area (Å²) in [5, 5.41) is 4.63. The van der Waals surface area contributed by atoms with E-state index in [4.69, 9.17) is 11.6 Å². The van der Waals surface area contributed by atoms with Crippen molar-refractivity contribution in [3.63, 3.8) is 0 Å². The Morgan fingerprint density at radius 3 is 2.37 bits per heavy atom. The minimum atomic E-state index is -3.97. The van der Waals surface area contributed by atoms with Crippen molar-refractivity contribution in [3.8, 4) is 0 Å². The molecule has 1 amide bonds. The van der Waals surface area contributed by atoms with E-state index < -0.39 is 22.5 Å². The quantitative estimate of drug-likeness (QED) is 0.516. The third-order valence-corrected chi connectivity index (χ3v) is 7.03. The standard InChI is InChI=1S/C22H26ClN3O3S/c1-17-11-13-21(14-12-17)30(28,29)26(20-10-6-7-18(23)15-20)16-22(27)25-24-19-8-4-2-3-5-9-19/h6-7,10-15H,2-5,8-9,16H2,1H3,(H,25,27). The lowest BCUT2D eigenvalue weighted by atomic mass is 10.2. The van der Waals surface area contributed by atoms with Crippen LogP contribution in [0.25, 0.3) is 0 Å². The molecule has 0 aromatic heterocycles. The van der Waals surface area contributed by atoms with E-state index in [0.29, 0.717) is 10.7 Å². The normalized spacial score (nSPS) is 14.7. The summed E-state index contributed by atoms with van der Waals surface area (Å²) in [6.07, 6.45) is 6.19. The van der Waals surface area contributed by atoms with Gasteiger partial charge in [-0.25, -0.2) is 13.8 Å². The Bertz CT molecular complexity index is 1010. The highest BCUT2D eigenvalue weighted by atomic mass is 35.5. The molecule has 2 aromatic carbocycles. The number of rotatable bonds is 6. The van der Waals surface area contributed by atoms with Gasteiger partial charge in [0.1, 0.15) is 6.54 Å². The molecular formula is C22H26ClN3O3S. The molecule has 0 atom stereocenters. The van der Waals surface area contributed by atoms with Gasteiger partial charge in [0.15, 0.2) is 0 Å². The van der Waals surface area contributed by atoms with Gasteiger partial charge < -0.3 is 0 Å². The molecule has 30 heavy (non-hydrogen) atoms. The van der Waals surface area contributed by atoms with Crippen molar-refractivity contribution >= 4 is 38.9 Å². The van der Waals surface area contributed by atoms with E-state index in [1.54, 1.807) is 30.3 Å². The summed E-state index contributed by atoms with van der Waals surface area (Å²) < 4.78 is 27.7. The minimum Gasteiger partial charge on any atom is -0.271 e. The maximum atomic E-state index is 13.3. The number of nitrogens with one attached hydrogen (secondary N) is 1. The highest BCUT2D eigenvalue weighted by Gasteiger charge is 2.27. The maximum absolute atomic E-state index is 13.3. The van der Waals surface area contributed by atoms with E-state index in [-0.39, 0.29) is 4.90 Å². The Morgan fingerprint density at radius 2 is 1.73 bits per heavy atom. The summed E-state index contributed by atoms with van der Waals surface area (Å²) in [6, 6.07) is 13.0. The van der Waals surface area contributed by atoms with Crippen LogP contribution in [0.5, 0.6) is 0 Å². The van der Waals surface area contributed by atoms with Crippen LogP contribution in [-0.2, 0) is 14.8 Å². The van der Waals surface area contributed by atoms with Gasteiger partial charge in [0.2, 0.25) is 0 Å². The van der Waals surface area contributed by atoms with Gasteiger partial charge in [-0.2, -0.15) is 5.10 Å². The predicted octanol–water partition coefficient (Wildman–Crippen LogP) is 4.67. The second-order valence-corrected chi connectivity index (χ2v) is 9.73. The highest BCUT2D eigenvalue weighted by Crippen LogP contribution is 2.26. The third-order valence-electron chi connectivity index (χ3n) is 5.01. The van der Waals surface area contributed by atoms with Crippen molar-refractivity contribution < 1.29 is 13.2 Å². The van der Waals surface area contributed by atoms with Crippen LogP contribution in [-0.4, -0.2) is 26.6 Å². The lowest BCUT2D eigenvalue weighted by Crippen LogP contribution is -2.39. The molecular weight excluding hydrogens is 422 g/mol. The molecule has 1 aliphatic rings. The fraction of sp³-hybridized carbons (Fsp3) is 0.364. The fourth-order valence-corrected chi connectivity index (χ4v) is 4.94. The summed E-state index contributed by atoms with van der Waals surface area (Å²) in [4.78, 5) is 12.7. The zero-order valence-corrected chi connectivity index (χ0v) is 18.5. The third kappa shape index (κ3) is 5.83. The van der Waals surface area contributed by atoms with Crippen LogP contribution < -0.4 is 9.73 Å². The molecule has 1 fully saturated rings. The molecule has 2 aromatic rings. The molecule has 0 radical (unpaired) electrons. The van der Waals surface area contributed by atoms with Gasteiger partial charge in [0.25, 0.3) is 15.9 Å². The molecule has 0 aliphatic heterocycles. The van der Waals surface area contributed by atoms with Gasteiger partial charge in [-0.05, 0) is 62.9 Å². The van der Waals surface area contributed by atoms with E-state index in [1.807, 2.05) is 6.92 Å². The number of carbonyl (C=O) groups is 1. The van der Waals surface area contributed by atoms with Crippen molar-refractivity contribution in [2.45, 2.75) is 50.3 Å². The number of aryl methyl sites for hydroxylation is 1. The lowest BCUT2D eigenvalue weighted by Gasteiger charge is -2.24. The first-order valence-corrected chi connectivity index (χ1v) is 11.9. The SMILES string of the molecule is Cc1ccc(S(=O)(=O)N(CC(=O)NN=C2CCCCCC2)c2cccc(Cl)c2)cc1. The minimum absolute atomic E-state index is 0.107. The largest absolute Gasteiger partial charge is 0.271 e. The van der Waals surface area contributed by atoms with Crippen LogP contribution in [0, 0.1) is 6.92 Å². The molecule has 3 rings (SSSR count). The Hall–Kier alpha value is -2.38. The van der Waals surface area contributed by atoms with E-state index in [0.717, 1.165) is 41.3 Å². The smallest absolute Gasteiger partial charge is 0.264 e. The van der Waals surface area contributed by atoms with Gasteiger partial charge in [-0.3, -0.25) is 9.10 Å². The summed E-state index contributed by atoms with van der Waals surface area (Å²) in [5.74, 6) is -0.498. The second kappa shape index (κ2) is 10.1. The van der Waals surface area contributed by atoms with Crippen molar-refractivity contribution in [1.82, 2.24) is 5.43 Å². The predicted molar refractivity (Wildman–Crippen MR) is 120 cm³/mol. The number of hydrogen-bond acceptors (Lipinski definition) is 4. The van der Waals surface area contributed by atoms with E-state index >= 15 is 0 Å². The highest BCUT2D eigenvalue weighted by molar-refractivity contribution is 7.92. The van der Waals surface area contributed by atoms with E-state index in [1.165, 1.54) is 31.0 Å². The number of carbonyl (C=O) groups excluding carboxylic acids is 1. The molecule has 1 saturated carbocycles. The molecule has 0 unspecified atom stereocenters. The number of anilines is 1. The average molecular weight is 448 g/mol. The first-order valence-electron chi connectivity index (χ1n) is 10.1. The van der Waals surface area contributed by atoms with E-state index in [9.17, 15) is 13.2 Å². The van der Waals surface area contributed by atoms with Crippen LogP contribution in [0.3, 0.4) is 0 Å². The Morgan fingerprint density at radius 1 is 1.07 bits per heavy atom. The molecule has 160 valence electrons. The van der Waals surface area contributed by atoms with Gasteiger partial charge in [-0.1, -0.05) is 48.2 Å². The van der Waals surface area contributed by atoms with Crippen LogP contribution in [0.4, 0.5) is 5.69 Å². The van der Waals surface area contributed by atoms with Crippen molar-refractivity contribution in [2.75, 3.05) is 10.8 Å². The Balaban J connectivity index is 1.85. The van der Waals surface area contributed by atoms with Crippen molar-refractivity contribution in [2.24, 2.45) is 5.10 Å². The number of nitrogens with zero attached hydrogens (tertiary/aromatic N) is 2. The van der Waals surface area contributed by atoms with Gasteiger partial charge >= 0.3 is 0 Å². The molecule has 1 N–H and O–H groups in total. The molecule has 0 saturated heterocycles. The topological polar surface area (TPSA) is 78.8 Å². The van der Waals surface area contributed by atoms with Gasteiger partial charge in [-0.15, -0.1) is 0 Å². The molecule has 0 bridgehead atoms. The molecule has 0 spiro atoms. The zero-order chi connectivity index (χ0) is 21.6. The zero-order valence-electron chi connectivity index (χ0n) is 17.0. The summed E-state index contributed by atoms with van der Waals surface area (Å²) in [6.45, 7) is 1.48. The molecule has 8 heteroatoms. The van der Waals surface area contributed by atoms with Crippen LogP contribution in [0.15, 0.2) is 58.5 Å². The second-order valence-electron chi connectivity index (χ2n) is 7.43. The average Bonchev–Trinajstić information content (AvgIpc) is 2.99. The first kappa shape index (κ1) is 22.3. The fourth-order valence-electron chi connectivity index (χ4n) is 3.34. The molecule has 6 nitrogen and oxygen atoms in total. The molecule has 0 heterocycles. The van der Waals surface area contributed by atoms with Crippen LogP contribution in [0.1, 0.15) is 44.1 Å². The first-order chi connectivity index (χ1) is 14.4. The van der Waals surface area contributed by atoms with Crippen molar-refractivity contribution in [1.29, 1.82) is 0 Å². The van der Waals surface area contributed by atoms with Crippen LogP contribution >= 0.6 is 11.6 Å². The van der Waals surface area contributed by atoms with Crippen molar-refractivity contribution in [3.05, 3.63) is 59.1 Å². The molecule has 1 aliphatic carbocycles. The number of hydrogen-bond donors (Lipinski definition) is 1. The lowest BCUT2D eigenvalue weighted by molar-refractivity contribution is -0.119. The maximum Gasteiger partial charge on any atom is 0.264 e. The van der Waals surface area contributed by atoms with Crippen LogP contribution in [0.2, 0.25) is 5.02 Å². The summed E-state index contributed by atoms with van der Waals surface area (Å²) in [7, 11) is -3.97. The van der Waals surface area contributed by atoms with E-state index in [2.05, 4.69) is 10.5 Å². The Kier molecular flexibility index (Phi) is 7.50. The number of halogens is 1. The summed E-state index contributed by atoms with van der Waals surface area (Å²) >= 11 is 6.08. The van der Waals surface area contributed by atoms with Gasteiger partial charge in [0.05, 0.1) is 10.6 Å².